The first-order chi connectivity index (χ1) is 10.2. The average Bonchev–Trinajstić information content (AvgIpc) is 2.48. The molecule has 0 saturated carbocycles. The molecule has 1 amide bonds. The lowest BCUT2D eigenvalue weighted by Crippen LogP contribution is -2.54. The lowest BCUT2D eigenvalue weighted by atomic mass is 10.1. The number of nitrogens with one attached hydrogen (secondary N) is 1. The van der Waals surface area contributed by atoms with Crippen LogP contribution in [0.5, 0.6) is 0 Å². The lowest BCUT2D eigenvalue weighted by Gasteiger charge is -2.34. The van der Waals surface area contributed by atoms with Gasteiger partial charge in [-0.05, 0) is 18.6 Å². The number of aromatic nitrogens is 1. The Kier molecular flexibility index (Phi) is 4.08. The zero-order valence-corrected chi connectivity index (χ0v) is 12.7. The Morgan fingerprint density at radius 3 is 3.05 bits per heavy atom. The highest BCUT2D eigenvalue weighted by Crippen LogP contribution is 2.22. The molecule has 1 fully saturated rings. The first-order valence-corrected chi connectivity index (χ1v) is 7.62. The molecule has 110 valence electrons. The Bertz CT molecular complexity index is 674. The van der Waals surface area contributed by atoms with Gasteiger partial charge < -0.3 is 5.32 Å². The zero-order valence-electron chi connectivity index (χ0n) is 12.0. The van der Waals surface area contributed by atoms with Crippen molar-refractivity contribution in [1.29, 1.82) is 0 Å². The third-order valence-corrected chi connectivity index (χ3v) is 4.23. The summed E-state index contributed by atoms with van der Waals surface area (Å²) in [6, 6.07) is 9.76. The van der Waals surface area contributed by atoms with Crippen molar-refractivity contribution < 1.29 is 4.79 Å². The van der Waals surface area contributed by atoms with Crippen LogP contribution >= 0.6 is 11.6 Å². The summed E-state index contributed by atoms with van der Waals surface area (Å²) in [6.07, 6.45) is 0.806. The Morgan fingerprint density at radius 2 is 2.24 bits per heavy atom. The van der Waals surface area contributed by atoms with Crippen molar-refractivity contribution in [2.45, 2.75) is 25.9 Å². The van der Waals surface area contributed by atoms with Crippen LogP contribution in [0.1, 0.15) is 19.0 Å². The molecule has 1 aromatic heterocycles. The third-order valence-electron chi connectivity index (χ3n) is 3.92. The minimum absolute atomic E-state index is 0.0671. The number of carbonyl (C=O) groups is 1. The first-order valence-electron chi connectivity index (χ1n) is 7.25. The van der Waals surface area contributed by atoms with E-state index in [-0.39, 0.29) is 11.9 Å². The van der Waals surface area contributed by atoms with Crippen LogP contribution in [0.2, 0.25) is 5.02 Å². The van der Waals surface area contributed by atoms with Gasteiger partial charge >= 0.3 is 0 Å². The molecular weight excluding hydrogens is 286 g/mol. The number of benzene rings is 1. The second kappa shape index (κ2) is 6.00. The number of carbonyl (C=O) groups excluding carboxylic acids is 1. The van der Waals surface area contributed by atoms with Gasteiger partial charge in [0.1, 0.15) is 0 Å². The van der Waals surface area contributed by atoms with Gasteiger partial charge in [0.2, 0.25) is 5.91 Å². The number of nitrogens with zero attached hydrogens (tertiary/aromatic N) is 2. The van der Waals surface area contributed by atoms with E-state index >= 15 is 0 Å². The Labute approximate surface area is 129 Å². The van der Waals surface area contributed by atoms with Crippen molar-refractivity contribution in [3.8, 4) is 0 Å². The minimum atomic E-state index is -0.0671. The monoisotopic (exact) mass is 303 g/mol. The molecule has 4 nitrogen and oxygen atoms in total. The highest BCUT2D eigenvalue weighted by Gasteiger charge is 2.28. The van der Waals surface area contributed by atoms with Crippen molar-refractivity contribution in [2.75, 3.05) is 13.1 Å². The van der Waals surface area contributed by atoms with Crippen LogP contribution in [0.3, 0.4) is 0 Å². The summed E-state index contributed by atoms with van der Waals surface area (Å²) < 4.78 is 0. The molecule has 1 unspecified atom stereocenters. The van der Waals surface area contributed by atoms with Gasteiger partial charge in [-0.25, -0.2) is 4.98 Å². The minimum Gasteiger partial charge on any atom is -0.353 e. The quantitative estimate of drug-likeness (QED) is 0.948. The second-order valence-corrected chi connectivity index (χ2v) is 5.71. The topological polar surface area (TPSA) is 45.2 Å². The van der Waals surface area contributed by atoms with Gasteiger partial charge in [0, 0.05) is 25.0 Å². The number of hydrogen-bond donors (Lipinski definition) is 1. The molecule has 2 heterocycles. The SMILES string of the molecule is CCC1C(=O)NCCN1Cc1ccc2cccc(Cl)c2n1. The van der Waals surface area contributed by atoms with E-state index in [2.05, 4.69) is 15.2 Å². The second-order valence-electron chi connectivity index (χ2n) is 5.30. The van der Waals surface area contributed by atoms with Crippen LogP contribution in [0.15, 0.2) is 30.3 Å². The molecule has 0 bridgehead atoms. The standard InChI is InChI=1S/C16H18ClN3O/c1-2-14-16(21)18-8-9-20(14)10-12-7-6-11-4-3-5-13(17)15(11)19-12/h3-7,14H,2,8-10H2,1H3,(H,18,21). The third kappa shape index (κ3) is 2.87. The first kappa shape index (κ1) is 14.3. The lowest BCUT2D eigenvalue weighted by molar-refractivity contribution is -0.129. The van der Waals surface area contributed by atoms with Crippen molar-refractivity contribution in [3.63, 3.8) is 0 Å². The van der Waals surface area contributed by atoms with Gasteiger partial charge in [-0.2, -0.15) is 0 Å². The molecule has 1 N–H and O–H groups in total. The van der Waals surface area contributed by atoms with Crippen molar-refractivity contribution in [3.05, 3.63) is 41.0 Å². The summed E-state index contributed by atoms with van der Waals surface area (Å²) >= 11 is 6.21. The van der Waals surface area contributed by atoms with E-state index in [0.29, 0.717) is 18.1 Å². The van der Waals surface area contributed by atoms with E-state index in [0.717, 1.165) is 29.6 Å². The van der Waals surface area contributed by atoms with Crippen molar-refractivity contribution in [2.24, 2.45) is 0 Å². The van der Waals surface area contributed by atoms with Gasteiger partial charge in [0.15, 0.2) is 0 Å². The largest absolute Gasteiger partial charge is 0.353 e. The fourth-order valence-corrected chi connectivity index (χ4v) is 3.07. The van der Waals surface area contributed by atoms with Gasteiger partial charge in [-0.15, -0.1) is 0 Å². The van der Waals surface area contributed by atoms with Crippen molar-refractivity contribution >= 4 is 28.4 Å². The molecule has 0 spiro atoms. The normalized spacial score (nSPS) is 19.7. The van der Waals surface area contributed by atoms with E-state index in [1.807, 2.05) is 37.3 Å². The van der Waals surface area contributed by atoms with E-state index < -0.39 is 0 Å². The van der Waals surface area contributed by atoms with Gasteiger partial charge in [0.05, 0.1) is 22.3 Å². The van der Waals surface area contributed by atoms with Crippen LogP contribution in [0.4, 0.5) is 0 Å². The van der Waals surface area contributed by atoms with E-state index in [4.69, 9.17) is 11.6 Å². The molecule has 1 aliphatic rings. The van der Waals surface area contributed by atoms with Crippen LogP contribution in [-0.4, -0.2) is 34.9 Å². The van der Waals surface area contributed by atoms with E-state index in [1.165, 1.54) is 0 Å². The predicted octanol–water partition coefficient (Wildman–Crippen LogP) is 2.60. The van der Waals surface area contributed by atoms with Gasteiger partial charge in [-0.3, -0.25) is 9.69 Å². The predicted molar refractivity (Wildman–Crippen MR) is 84.3 cm³/mol. The average molecular weight is 304 g/mol. The maximum atomic E-state index is 11.9. The number of para-hydroxylation sites is 1. The smallest absolute Gasteiger partial charge is 0.237 e. The molecule has 1 saturated heterocycles. The number of pyridine rings is 1. The molecule has 1 aliphatic heterocycles. The number of piperazine rings is 1. The molecule has 2 aromatic rings. The molecule has 1 aromatic carbocycles. The number of fused-ring (bicyclic) bond motifs is 1. The van der Waals surface area contributed by atoms with E-state index in [1.54, 1.807) is 0 Å². The Morgan fingerprint density at radius 1 is 1.38 bits per heavy atom. The molecule has 1 atom stereocenters. The summed E-state index contributed by atoms with van der Waals surface area (Å²) in [5.41, 5.74) is 1.77. The van der Waals surface area contributed by atoms with E-state index in [9.17, 15) is 4.79 Å². The number of amides is 1. The molecule has 0 radical (unpaired) electrons. The summed E-state index contributed by atoms with van der Waals surface area (Å²) in [5, 5.41) is 4.62. The molecule has 21 heavy (non-hydrogen) atoms. The number of rotatable bonds is 3. The number of hydrogen-bond acceptors (Lipinski definition) is 3. The van der Waals surface area contributed by atoms with Gasteiger partial charge in [-0.1, -0.05) is 36.7 Å². The van der Waals surface area contributed by atoms with Crippen LogP contribution in [0, 0.1) is 0 Å². The molecule has 3 rings (SSSR count). The highest BCUT2D eigenvalue weighted by molar-refractivity contribution is 6.35. The zero-order chi connectivity index (χ0) is 14.8. The Balaban J connectivity index is 1.87. The summed E-state index contributed by atoms with van der Waals surface area (Å²) in [7, 11) is 0. The van der Waals surface area contributed by atoms with Crippen molar-refractivity contribution in [1.82, 2.24) is 15.2 Å². The molecule has 5 heteroatoms. The fraction of sp³-hybridized carbons (Fsp3) is 0.375. The summed E-state index contributed by atoms with van der Waals surface area (Å²) in [5.74, 6) is 0.113. The van der Waals surface area contributed by atoms with Crippen LogP contribution in [0.25, 0.3) is 10.9 Å². The number of halogens is 1. The molecular formula is C16H18ClN3O. The van der Waals surface area contributed by atoms with Gasteiger partial charge in [0.25, 0.3) is 0 Å². The maximum absolute atomic E-state index is 11.9. The van der Waals surface area contributed by atoms with Crippen LogP contribution < -0.4 is 5.32 Å². The summed E-state index contributed by atoms with van der Waals surface area (Å²) in [4.78, 5) is 18.7. The summed E-state index contributed by atoms with van der Waals surface area (Å²) in [6.45, 7) is 4.26. The highest BCUT2D eigenvalue weighted by atomic mass is 35.5. The Hall–Kier alpha value is -1.65. The van der Waals surface area contributed by atoms with Crippen LogP contribution in [-0.2, 0) is 11.3 Å². The fourth-order valence-electron chi connectivity index (χ4n) is 2.84. The molecule has 0 aliphatic carbocycles. The maximum Gasteiger partial charge on any atom is 0.237 e.